The average Bonchev–Trinajstić information content (AvgIpc) is 3.01. The molecule has 1 aromatic heterocycles. The molecule has 1 aliphatic heterocycles. The van der Waals surface area contributed by atoms with Gasteiger partial charge >= 0.3 is 0 Å². The van der Waals surface area contributed by atoms with Gasteiger partial charge in [0.2, 0.25) is 0 Å². The van der Waals surface area contributed by atoms with Crippen LogP contribution < -0.4 is 10.5 Å². The minimum atomic E-state index is -0.318. The molecule has 3 aromatic carbocycles. The molecule has 2 heterocycles. The highest BCUT2D eigenvalue weighted by molar-refractivity contribution is 6.54. The molecule has 0 unspecified atom stereocenters. The van der Waals surface area contributed by atoms with Gasteiger partial charge in [-0.1, -0.05) is 60.7 Å². The molecule has 6 nitrogen and oxygen atoms in total. The Morgan fingerprint density at radius 2 is 1.52 bits per heavy atom. The van der Waals surface area contributed by atoms with Crippen molar-refractivity contribution in [2.24, 2.45) is 5.10 Å². The normalized spacial score (nSPS) is 14.6. The summed E-state index contributed by atoms with van der Waals surface area (Å²) in [6.45, 7) is 0. The molecule has 29 heavy (non-hydrogen) atoms. The predicted molar refractivity (Wildman–Crippen MR) is 113 cm³/mol. The predicted octanol–water partition coefficient (Wildman–Crippen LogP) is 3.29. The van der Waals surface area contributed by atoms with Crippen molar-refractivity contribution in [2.75, 3.05) is 11.9 Å². The number of amides is 1. The highest BCUT2D eigenvalue weighted by Crippen LogP contribution is 2.28. The van der Waals surface area contributed by atoms with Gasteiger partial charge in [-0.2, -0.15) is 9.78 Å². The number of likely N-dealkylation sites (N-methyl/N-ethyl adjacent to an activating group) is 1. The SMILES string of the molecule is CN1C(=O)C(=Nn2c(-c3ccccc3)nc3ccccc3c2=O)c2ccccc21. The first-order valence-electron chi connectivity index (χ1n) is 9.19. The van der Waals surface area contributed by atoms with E-state index in [1.54, 1.807) is 25.2 Å². The fraction of sp³-hybridized carbons (Fsp3) is 0.0435. The first-order valence-corrected chi connectivity index (χ1v) is 9.19. The van der Waals surface area contributed by atoms with Crippen LogP contribution in [0.5, 0.6) is 0 Å². The van der Waals surface area contributed by atoms with Crippen LogP contribution in [-0.4, -0.2) is 28.3 Å². The summed E-state index contributed by atoms with van der Waals surface area (Å²) in [6.07, 6.45) is 0. The number of anilines is 1. The summed E-state index contributed by atoms with van der Waals surface area (Å²) < 4.78 is 1.24. The zero-order chi connectivity index (χ0) is 20.0. The molecule has 0 saturated carbocycles. The second-order valence-electron chi connectivity index (χ2n) is 6.77. The van der Waals surface area contributed by atoms with Gasteiger partial charge in [0.05, 0.1) is 16.6 Å². The molecule has 0 fully saturated rings. The van der Waals surface area contributed by atoms with Crippen LogP contribution in [0.4, 0.5) is 5.69 Å². The fourth-order valence-electron chi connectivity index (χ4n) is 3.54. The molecule has 0 atom stereocenters. The van der Waals surface area contributed by atoms with Gasteiger partial charge in [0, 0.05) is 18.2 Å². The summed E-state index contributed by atoms with van der Waals surface area (Å²) in [5.74, 6) is 0.131. The number of nitrogens with zero attached hydrogens (tertiary/aromatic N) is 4. The molecule has 1 aliphatic rings. The van der Waals surface area contributed by atoms with E-state index < -0.39 is 0 Å². The molecule has 0 bridgehead atoms. The minimum Gasteiger partial charge on any atom is -0.309 e. The summed E-state index contributed by atoms with van der Waals surface area (Å²) in [7, 11) is 1.70. The molecular formula is C23H16N4O2. The van der Waals surface area contributed by atoms with Crippen LogP contribution in [0.25, 0.3) is 22.3 Å². The van der Waals surface area contributed by atoms with Crippen LogP contribution in [0.2, 0.25) is 0 Å². The number of rotatable bonds is 2. The topological polar surface area (TPSA) is 67.6 Å². The van der Waals surface area contributed by atoms with Crippen LogP contribution in [-0.2, 0) is 4.79 Å². The van der Waals surface area contributed by atoms with Gasteiger partial charge in [-0.25, -0.2) is 4.98 Å². The Morgan fingerprint density at radius 1 is 0.828 bits per heavy atom. The maximum atomic E-state index is 13.3. The Balaban J connectivity index is 1.84. The first kappa shape index (κ1) is 17.1. The zero-order valence-corrected chi connectivity index (χ0v) is 15.6. The Hall–Kier alpha value is -4.06. The van der Waals surface area contributed by atoms with Crippen LogP contribution >= 0.6 is 0 Å². The molecule has 1 amide bonds. The van der Waals surface area contributed by atoms with Crippen LogP contribution in [0.15, 0.2) is 88.8 Å². The first-order chi connectivity index (χ1) is 14.1. The van der Waals surface area contributed by atoms with Gasteiger partial charge in [-0.05, 0) is 18.2 Å². The lowest BCUT2D eigenvalue weighted by Crippen LogP contribution is -2.28. The van der Waals surface area contributed by atoms with E-state index in [1.807, 2.05) is 60.7 Å². The monoisotopic (exact) mass is 380 g/mol. The van der Waals surface area contributed by atoms with E-state index in [0.717, 1.165) is 11.3 Å². The van der Waals surface area contributed by atoms with Crippen LogP contribution in [0.3, 0.4) is 0 Å². The van der Waals surface area contributed by atoms with Crippen molar-refractivity contribution in [2.45, 2.75) is 0 Å². The number of hydrogen-bond donors (Lipinski definition) is 0. The maximum absolute atomic E-state index is 13.3. The molecule has 140 valence electrons. The van der Waals surface area contributed by atoms with E-state index in [1.165, 1.54) is 9.58 Å². The lowest BCUT2D eigenvalue weighted by molar-refractivity contribution is -0.112. The maximum Gasteiger partial charge on any atom is 0.282 e. The number of para-hydroxylation sites is 2. The standard InChI is InChI=1S/C23H16N4O2/c1-26-19-14-8-6-12-17(19)20(23(26)29)25-27-21(15-9-3-2-4-10-15)24-18-13-7-5-11-16(18)22(27)28/h2-14H,1H3. The smallest absolute Gasteiger partial charge is 0.282 e. The van der Waals surface area contributed by atoms with Crippen molar-refractivity contribution in [3.63, 3.8) is 0 Å². The second kappa shape index (κ2) is 6.53. The summed E-state index contributed by atoms with van der Waals surface area (Å²) in [5.41, 5.74) is 2.69. The van der Waals surface area contributed by atoms with Gasteiger partial charge in [-0.15, -0.1) is 0 Å². The van der Waals surface area contributed by atoms with E-state index in [4.69, 9.17) is 0 Å². The van der Waals surface area contributed by atoms with Crippen molar-refractivity contribution in [1.82, 2.24) is 9.66 Å². The molecule has 0 spiro atoms. The number of fused-ring (bicyclic) bond motifs is 2. The lowest BCUT2D eigenvalue weighted by Gasteiger charge is -2.10. The van der Waals surface area contributed by atoms with Crippen molar-refractivity contribution >= 4 is 28.2 Å². The van der Waals surface area contributed by atoms with Gasteiger partial charge in [0.15, 0.2) is 11.5 Å². The van der Waals surface area contributed by atoms with Crippen molar-refractivity contribution in [3.05, 3.63) is 94.8 Å². The number of benzene rings is 3. The highest BCUT2D eigenvalue weighted by Gasteiger charge is 2.31. The summed E-state index contributed by atoms with van der Waals surface area (Å²) >= 11 is 0. The van der Waals surface area contributed by atoms with Gasteiger partial charge in [-0.3, -0.25) is 9.59 Å². The zero-order valence-electron chi connectivity index (χ0n) is 15.6. The highest BCUT2D eigenvalue weighted by atomic mass is 16.2. The average molecular weight is 380 g/mol. The number of carbonyl (C=O) groups is 1. The molecule has 0 saturated heterocycles. The van der Waals surface area contributed by atoms with Crippen molar-refractivity contribution in [1.29, 1.82) is 0 Å². The molecular weight excluding hydrogens is 364 g/mol. The third-order valence-electron chi connectivity index (χ3n) is 5.01. The third-order valence-corrected chi connectivity index (χ3v) is 5.01. The van der Waals surface area contributed by atoms with Crippen LogP contribution in [0.1, 0.15) is 5.56 Å². The second-order valence-corrected chi connectivity index (χ2v) is 6.77. The molecule has 0 aliphatic carbocycles. The van der Waals surface area contributed by atoms with E-state index in [0.29, 0.717) is 22.3 Å². The van der Waals surface area contributed by atoms with E-state index in [2.05, 4.69) is 10.1 Å². The Morgan fingerprint density at radius 3 is 2.34 bits per heavy atom. The van der Waals surface area contributed by atoms with Gasteiger partial charge in [0.25, 0.3) is 11.5 Å². The number of aromatic nitrogens is 2. The van der Waals surface area contributed by atoms with Gasteiger partial charge in [0.1, 0.15) is 0 Å². The Labute approximate surface area is 166 Å². The van der Waals surface area contributed by atoms with Crippen LogP contribution in [0, 0.1) is 0 Å². The molecule has 5 rings (SSSR count). The molecule has 4 aromatic rings. The minimum absolute atomic E-state index is 0.222. The van der Waals surface area contributed by atoms with Gasteiger partial charge < -0.3 is 4.90 Å². The summed E-state index contributed by atoms with van der Waals surface area (Å²) in [6, 6.07) is 23.9. The van der Waals surface area contributed by atoms with E-state index in [9.17, 15) is 9.59 Å². The van der Waals surface area contributed by atoms with Crippen molar-refractivity contribution < 1.29 is 4.79 Å². The molecule has 0 radical (unpaired) electrons. The molecule has 6 heteroatoms. The summed E-state index contributed by atoms with van der Waals surface area (Å²) in [5, 5.41) is 4.97. The summed E-state index contributed by atoms with van der Waals surface area (Å²) in [4.78, 5) is 32.4. The third kappa shape index (κ3) is 2.65. The Kier molecular flexibility index (Phi) is 3.84. The largest absolute Gasteiger partial charge is 0.309 e. The van der Waals surface area contributed by atoms with E-state index in [-0.39, 0.29) is 17.2 Å². The van der Waals surface area contributed by atoms with Crippen molar-refractivity contribution in [3.8, 4) is 11.4 Å². The number of carbonyl (C=O) groups excluding carboxylic acids is 1. The van der Waals surface area contributed by atoms with E-state index >= 15 is 0 Å². The lowest BCUT2D eigenvalue weighted by atomic mass is 10.1. The molecule has 0 N–H and O–H groups in total. The fourth-order valence-corrected chi connectivity index (χ4v) is 3.54. The quantitative estimate of drug-likeness (QED) is 0.536. The Bertz CT molecular complexity index is 1360. The number of hydrogen-bond acceptors (Lipinski definition) is 4.